The maximum absolute atomic E-state index is 12.2. The number of carbonyl (C=O) groups excluding carboxylic acids is 1. The fourth-order valence-electron chi connectivity index (χ4n) is 2.47. The summed E-state index contributed by atoms with van der Waals surface area (Å²) in [6, 6.07) is 9.46. The van der Waals surface area contributed by atoms with Crippen molar-refractivity contribution in [3.05, 3.63) is 42.2 Å². The summed E-state index contributed by atoms with van der Waals surface area (Å²) in [7, 11) is 0. The van der Waals surface area contributed by atoms with Gasteiger partial charge in [0, 0.05) is 12.6 Å². The summed E-state index contributed by atoms with van der Waals surface area (Å²) in [5, 5.41) is 20.3. The quantitative estimate of drug-likeness (QED) is 0.800. The zero-order chi connectivity index (χ0) is 14.7. The molecule has 1 aromatic heterocycles. The highest BCUT2D eigenvalue weighted by Gasteiger charge is 2.21. The summed E-state index contributed by atoms with van der Waals surface area (Å²) in [4.78, 5) is 12.2. The van der Waals surface area contributed by atoms with Gasteiger partial charge in [0.2, 0.25) is 0 Å². The highest BCUT2D eigenvalue weighted by Crippen LogP contribution is 2.18. The van der Waals surface area contributed by atoms with Crippen LogP contribution in [-0.2, 0) is 0 Å². The van der Waals surface area contributed by atoms with Gasteiger partial charge in [-0.3, -0.25) is 4.79 Å². The van der Waals surface area contributed by atoms with E-state index in [0.29, 0.717) is 0 Å². The summed E-state index contributed by atoms with van der Waals surface area (Å²) in [6.07, 6.45) is 3.43. The van der Waals surface area contributed by atoms with Gasteiger partial charge in [0.05, 0.1) is 11.9 Å². The van der Waals surface area contributed by atoms with Crippen molar-refractivity contribution in [2.24, 2.45) is 0 Å². The largest absolute Gasteiger partial charge is 0.504 e. The first-order chi connectivity index (χ1) is 10.2. The Balaban J connectivity index is 0.00000176. The normalized spacial score (nSPS) is 17.5. The van der Waals surface area contributed by atoms with E-state index in [9.17, 15) is 9.90 Å². The Bertz CT molecular complexity index is 624. The van der Waals surface area contributed by atoms with Crippen molar-refractivity contribution in [3.63, 3.8) is 0 Å². The lowest BCUT2D eigenvalue weighted by Gasteiger charge is -2.23. The summed E-state index contributed by atoms with van der Waals surface area (Å²) < 4.78 is 1.50. The van der Waals surface area contributed by atoms with Gasteiger partial charge in [0.25, 0.3) is 5.91 Å². The molecule has 3 rings (SSSR count). The number of para-hydroxylation sites is 1. The van der Waals surface area contributed by atoms with E-state index >= 15 is 0 Å². The van der Waals surface area contributed by atoms with Crippen LogP contribution in [0.25, 0.3) is 5.69 Å². The molecule has 118 valence electrons. The van der Waals surface area contributed by atoms with Crippen LogP contribution in [-0.4, -0.2) is 39.9 Å². The molecule has 1 saturated heterocycles. The molecular weight excluding hydrogens is 304 g/mol. The molecular formula is C15H19ClN4O2. The molecule has 22 heavy (non-hydrogen) atoms. The number of amides is 1. The van der Waals surface area contributed by atoms with Gasteiger partial charge < -0.3 is 15.7 Å². The lowest BCUT2D eigenvalue weighted by Crippen LogP contribution is -2.45. The zero-order valence-electron chi connectivity index (χ0n) is 12.0. The average molecular weight is 323 g/mol. The topological polar surface area (TPSA) is 79.2 Å². The van der Waals surface area contributed by atoms with Gasteiger partial charge in [0.15, 0.2) is 11.4 Å². The van der Waals surface area contributed by atoms with Crippen LogP contribution in [0.2, 0.25) is 0 Å². The Kier molecular flexibility index (Phi) is 5.41. The number of halogens is 1. The van der Waals surface area contributed by atoms with Crippen molar-refractivity contribution in [2.45, 2.75) is 18.9 Å². The Morgan fingerprint density at radius 3 is 2.82 bits per heavy atom. The monoisotopic (exact) mass is 322 g/mol. The molecule has 0 spiro atoms. The van der Waals surface area contributed by atoms with Gasteiger partial charge in [-0.25, -0.2) is 4.68 Å². The number of aromatic hydroxyl groups is 1. The molecule has 3 N–H and O–H groups in total. The summed E-state index contributed by atoms with van der Waals surface area (Å²) in [6.45, 7) is 1.74. The number of nitrogens with one attached hydrogen (secondary N) is 2. The Morgan fingerprint density at radius 2 is 2.14 bits per heavy atom. The van der Waals surface area contributed by atoms with Crippen LogP contribution in [0.5, 0.6) is 5.75 Å². The predicted octanol–water partition coefficient (Wildman–Crippen LogP) is 1.48. The van der Waals surface area contributed by atoms with E-state index < -0.39 is 0 Å². The van der Waals surface area contributed by atoms with Gasteiger partial charge in [-0.15, -0.1) is 12.4 Å². The van der Waals surface area contributed by atoms with E-state index in [1.807, 2.05) is 30.3 Å². The number of benzene rings is 1. The van der Waals surface area contributed by atoms with Crippen LogP contribution in [0.1, 0.15) is 23.3 Å². The summed E-state index contributed by atoms with van der Waals surface area (Å²) in [5.74, 6) is -0.448. The molecule has 2 aromatic rings. The molecule has 1 fully saturated rings. The van der Waals surface area contributed by atoms with Crippen molar-refractivity contribution >= 4 is 18.3 Å². The first-order valence-corrected chi connectivity index (χ1v) is 7.09. The molecule has 1 aliphatic heterocycles. The fraction of sp³-hybridized carbons (Fsp3) is 0.333. The lowest BCUT2D eigenvalue weighted by atomic mass is 10.1. The van der Waals surface area contributed by atoms with Crippen LogP contribution in [0.4, 0.5) is 0 Å². The van der Waals surface area contributed by atoms with E-state index in [-0.39, 0.29) is 35.8 Å². The number of aromatic nitrogens is 2. The van der Waals surface area contributed by atoms with Crippen LogP contribution < -0.4 is 10.6 Å². The smallest absolute Gasteiger partial charge is 0.275 e. The first-order valence-electron chi connectivity index (χ1n) is 7.09. The molecule has 2 heterocycles. The summed E-state index contributed by atoms with van der Waals surface area (Å²) in [5.41, 5.74) is 0.857. The second-order valence-electron chi connectivity index (χ2n) is 5.16. The number of hydrogen-bond donors (Lipinski definition) is 3. The molecule has 1 amide bonds. The number of hydrogen-bond acceptors (Lipinski definition) is 4. The molecule has 1 unspecified atom stereocenters. The van der Waals surface area contributed by atoms with Crippen molar-refractivity contribution in [3.8, 4) is 11.4 Å². The van der Waals surface area contributed by atoms with Crippen molar-refractivity contribution in [1.82, 2.24) is 20.4 Å². The summed E-state index contributed by atoms with van der Waals surface area (Å²) >= 11 is 0. The minimum Gasteiger partial charge on any atom is -0.504 e. The SMILES string of the molecule is Cl.O=C(NC1CCCNC1)c1nn(-c2ccccc2)cc1O. The molecule has 1 aromatic carbocycles. The lowest BCUT2D eigenvalue weighted by molar-refractivity contribution is 0.0922. The fourth-order valence-corrected chi connectivity index (χ4v) is 2.47. The minimum absolute atomic E-state index is 0. The Morgan fingerprint density at radius 1 is 1.36 bits per heavy atom. The maximum Gasteiger partial charge on any atom is 0.275 e. The van der Waals surface area contributed by atoms with Crippen molar-refractivity contribution in [1.29, 1.82) is 0 Å². The third kappa shape index (κ3) is 3.58. The van der Waals surface area contributed by atoms with Gasteiger partial charge >= 0.3 is 0 Å². The Hall–Kier alpha value is -2.05. The number of carbonyl (C=O) groups is 1. The zero-order valence-corrected chi connectivity index (χ0v) is 12.8. The van der Waals surface area contributed by atoms with Crippen LogP contribution in [0, 0.1) is 0 Å². The average Bonchev–Trinajstić information content (AvgIpc) is 2.91. The molecule has 1 atom stereocenters. The van der Waals surface area contributed by atoms with E-state index in [1.165, 1.54) is 10.9 Å². The van der Waals surface area contributed by atoms with Crippen molar-refractivity contribution in [2.75, 3.05) is 13.1 Å². The molecule has 0 radical (unpaired) electrons. The second-order valence-corrected chi connectivity index (χ2v) is 5.16. The third-order valence-corrected chi connectivity index (χ3v) is 3.56. The van der Waals surface area contributed by atoms with Crippen LogP contribution in [0.15, 0.2) is 36.5 Å². The number of piperidine rings is 1. The van der Waals surface area contributed by atoms with Gasteiger partial charge in [-0.2, -0.15) is 5.10 Å². The standard InChI is InChI=1S/C15H18N4O2.ClH/c20-13-10-19(12-6-2-1-3-7-12)18-14(13)15(21)17-11-5-4-8-16-9-11;/h1-3,6-7,10-11,16,20H,4-5,8-9H2,(H,17,21);1H. The number of rotatable bonds is 3. The van der Waals surface area contributed by atoms with E-state index in [4.69, 9.17) is 0 Å². The van der Waals surface area contributed by atoms with Gasteiger partial charge in [-0.1, -0.05) is 18.2 Å². The Labute approximate surface area is 134 Å². The van der Waals surface area contributed by atoms with Gasteiger partial charge in [-0.05, 0) is 31.5 Å². The van der Waals surface area contributed by atoms with Crippen LogP contribution in [0.3, 0.4) is 0 Å². The molecule has 0 saturated carbocycles. The first kappa shape index (κ1) is 16.3. The predicted molar refractivity (Wildman–Crippen MR) is 85.8 cm³/mol. The molecule has 6 nitrogen and oxygen atoms in total. The molecule has 1 aliphatic rings. The van der Waals surface area contributed by atoms with E-state index in [1.54, 1.807) is 0 Å². The number of nitrogens with zero attached hydrogens (tertiary/aromatic N) is 2. The minimum atomic E-state index is -0.337. The van der Waals surface area contributed by atoms with Crippen LogP contribution >= 0.6 is 12.4 Å². The van der Waals surface area contributed by atoms with Gasteiger partial charge in [0.1, 0.15) is 0 Å². The maximum atomic E-state index is 12.2. The van der Waals surface area contributed by atoms with Crippen molar-refractivity contribution < 1.29 is 9.90 Å². The highest BCUT2D eigenvalue weighted by molar-refractivity contribution is 5.95. The van der Waals surface area contributed by atoms with E-state index in [0.717, 1.165) is 31.6 Å². The molecule has 0 aliphatic carbocycles. The third-order valence-electron chi connectivity index (χ3n) is 3.56. The molecule has 7 heteroatoms. The highest BCUT2D eigenvalue weighted by atomic mass is 35.5. The van der Waals surface area contributed by atoms with E-state index in [2.05, 4.69) is 15.7 Å². The second kappa shape index (κ2) is 7.29. The molecule has 0 bridgehead atoms.